The molecule has 2 N–H and O–H groups in total. The van der Waals surface area contributed by atoms with Gasteiger partial charge in [-0.05, 0) is 30.5 Å². The molecule has 2 unspecified atom stereocenters. The number of aliphatic imine (C=N–C) groups is 1. The Labute approximate surface area is 136 Å². The number of aliphatic hydroxyl groups is 1. The van der Waals surface area contributed by atoms with Gasteiger partial charge in [0.15, 0.2) is 5.96 Å². The van der Waals surface area contributed by atoms with E-state index in [1.807, 2.05) is 0 Å². The summed E-state index contributed by atoms with van der Waals surface area (Å²) in [5, 5.41) is 13.4. The second-order valence-corrected chi connectivity index (χ2v) is 6.47. The van der Waals surface area contributed by atoms with Crippen molar-refractivity contribution in [1.29, 1.82) is 0 Å². The van der Waals surface area contributed by atoms with Crippen LogP contribution in [0.2, 0.25) is 0 Å². The van der Waals surface area contributed by atoms with Gasteiger partial charge in [-0.25, -0.2) is 4.39 Å². The molecule has 6 heteroatoms. The van der Waals surface area contributed by atoms with Crippen molar-refractivity contribution in [1.82, 2.24) is 10.2 Å². The maximum Gasteiger partial charge on any atom is 0.193 e. The molecule has 1 spiro atoms. The molecule has 2 fully saturated rings. The minimum atomic E-state index is -0.696. The molecule has 2 aliphatic heterocycles. The number of hydrogen-bond acceptors (Lipinski definition) is 3. The summed E-state index contributed by atoms with van der Waals surface area (Å²) >= 11 is 0. The fourth-order valence-corrected chi connectivity index (χ4v) is 3.41. The van der Waals surface area contributed by atoms with E-state index in [4.69, 9.17) is 4.74 Å². The number of aliphatic hydroxyl groups excluding tert-OH is 1. The van der Waals surface area contributed by atoms with E-state index in [2.05, 4.69) is 15.2 Å². The van der Waals surface area contributed by atoms with E-state index in [-0.39, 0.29) is 11.2 Å². The minimum absolute atomic E-state index is 0.271. The Morgan fingerprint density at radius 3 is 2.87 bits per heavy atom. The summed E-state index contributed by atoms with van der Waals surface area (Å²) in [5.74, 6) is 0.501. The maximum absolute atomic E-state index is 12.9. The number of ether oxygens (including phenoxy) is 1. The van der Waals surface area contributed by atoms with Crippen LogP contribution in [0, 0.1) is 11.2 Å². The molecule has 0 aromatic heterocycles. The summed E-state index contributed by atoms with van der Waals surface area (Å²) in [6.07, 6.45) is 1.53. The van der Waals surface area contributed by atoms with Gasteiger partial charge in [0.1, 0.15) is 5.82 Å². The average molecular weight is 321 g/mol. The smallest absolute Gasteiger partial charge is 0.193 e. The largest absolute Gasteiger partial charge is 0.387 e. The lowest BCUT2D eigenvalue weighted by atomic mass is 9.87. The van der Waals surface area contributed by atoms with Crippen LogP contribution in [0.1, 0.15) is 24.5 Å². The van der Waals surface area contributed by atoms with Crippen LogP contribution in [0.5, 0.6) is 0 Å². The number of halogens is 1. The molecular weight excluding hydrogens is 297 g/mol. The average Bonchev–Trinajstić information content (AvgIpc) is 3.19. The first-order valence-corrected chi connectivity index (χ1v) is 8.09. The Morgan fingerprint density at radius 2 is 2.22 bits per heavy atom. The monoisotopic (exact) mass is 321 g/mol. The van der Waals surface area contributed by atoms with Gasteiger partial charge in [0, 0.05) is 38.7 Å². The van der Waals surface area contributed by atoms with Crippen LogP contribution in [0.4, 0.5) is 4.39 Å². The highest BCUT2D eigenvalue weighted by Crippen LogP contribution is 2.38. The summed E-state index contributed by atoms with van der Waals surface area (Å²) in [6, 6.07) is 5.92. The van der Waals surface area contributed by atoms with Crippen LogP contribution >= 0.6 is 0 Å². The molecule has 1 aromatic rings. The highest BCUT2D eigenvalue weighted by atomic mass is 19.1. The Kier molecular flexibility index (Phi) is 4.82. The van der Waals surface area contributed by atoms with Crippen LogP contribution in [-0.2, 0) is 4.74 Å². The van der Waals surface area contributed by atoms with Crippen molar-refractivity contribution in [2.45, 2.75) is 18.9 Å². The van der Waals surface area contributed by atoms with Crippen LogP contribution in [-0.4, -0.2) is 55.9 Å². The van der Waals surface area contributed by atoms with Crippen molar-refractivity contribution in [3.63, 3.8) is 0 Å². The van der Waals surface area contributed by atoms with Gasteiger partial charge in [0.25, 0.3) is 0 Å². The predicted octanol–water partition coefficient (Wildman–Crippen LogP) is 1.55. The zero-order valence-corrected chi connectivity index (χ0v) is 13.5. The molecule has 0 radical (unpaired) electrons. The number of hydrogen-bond donors (Lipinski definition) is 2. The Balaban J connectivity index is 1.55. The standard InChI is InChI=1S/C17H24FN3O2/c1-19-16(21-8-6-17(11-21)7-9-23-12-17)20-10-15(22)13-2-4-14(18)5-3-13/h2-5,15,22H,6-12H2,1H3,(H,19,20). The topological polar surface area (TPSA) is 57.1 Å². The minimum Gasteiger partial charge on any atom is -0.387 e. The van der Waals surface area contributed by atoms with Crippen LogP contribution < -0.4 is 5.32 Å². The highest BCUT2D eigenvalue weighted by Gasteiger charge is 2.42. The number of likely N-dealkylation sites (tertiary alicyclic amines) is 1. The molecule has 23 heavy (non-hydrogen) atoms. The first-order chi connectivity index (χ1) is 11.1. The summed E-state index contributed by atoms with van der Waals surface area (Å²) in [5.41, 5.74) is 0.962. The summed E-state index contributed by atoms with van der Waals surface area (Å²) in [4.78, 5) is 6.55. The van der Waals surface area contributed by atoms with E-state index in [0.29, 0.717) is 12.1 Å². The molecule has 0 aliphatic carbocycles. The second-order valence-electron chi connectivity index (χ2n) is 6.47. The van der Waals surface area contributed by atoms with Crippen molar-refractivity contribution in [2.75, 3.05) is 39.9 Å². The third kappa shape index (κ3) is 3.64. The quantitative estimate of drug-likeness (QED) is 0.655. The first-order valence-electron chi connectivity index (χ1n) is 8.09. The highest BCUT2D eigenvalue weighted by molar-refractivity contribution is 5.80. The lowest BCUT2D eigenvalue weighted by molar-refractivity contribution is 0.156. The molecule has 0 amide bonds. The summed E-state index contributed by atoms with van der Waals surface area (Å²) in [6.45, 7) is 3.93. The molecule has 0 bridgehead atoms. The first kappa shape index (κ1) is 16.2. The Hall–Kier alpha value is -1.66. The van der Waals surface area contributed by atoms with Crippen LogP contribution in [0.15, 0.2) is 29.3 Å². The second kappa shape index (κ2) is 6.84. The maximum atomic E-state index is 12.9. The fourth-order valence-electron chi connectivity index (χ4n) is 3.41. The molecule has 2 aliphatic rings. The zero-order valence-electron chi connectivity index (χ0n) is 13.5. The third-order valence-electron chi connectivity index (χ3n) is 4.84. The van der Waals surface area contributed by atoms with Crippen LogP contribution in [0.3, 0.4) is 0 Å². The van der Waals surface area contributed by atoms with Gasteiger partial charge >= 0.3 is 0 Å². The Morgan fingerprint density at radius 1 is 1.43 bits per heavy atom. The molecule has 5 nitrogen and oxygen atoms in total. The Bertz CT molecular complexity index is 555. The number of guanidine groups is 1. The van der Waals surface area contributed by atoms with E-state index < -0.39 is 6.10 Å². The van der Waals surface area contributed by atoms with Crippen molar-refractivity contribution in [2.24, 2.45) is 10.4 Å². The molecule has 2 saturated heterocycles. The van der Waals surface area contributed by atoms with E-state index in [1.54, 1.807) is 19.2 Å². The van der Waals surface area contributed by atoms with Crippen molar-refractivity contribution in [3.8, 4) is 0 Å². The van der Waals surface area contributed by atoms with E-state index in [1.165, 1.54) is 12.1 Å². The van der Waals surface area contributed by atoms with Gasteiger partial charge in [-0.1, -0.05) is 12.1 Å². The third-order valence-corrected chi connectivity index (χ3v) is 4.84. The molecule has 0 saturated carbocycles. The normalized spacial score (nSPS) is 26.0. The van der Waals surface area contributed by atoms with Crippen molar-refractivity contribution >= 4 is 5.96 Å². The van der Waals surface area contributed by atoms with Gasteiger partial charge in [-0.3, -0.25) is 4.99 Å². The van der Waals surface area contributed by atoms with Crippen molar-refractivity contribution in [3.05, 3.63) is 35.6 Å². The van der Waals surface area contributed by atoms with E-state index in [9.17, 15) is 9.50 Å². The number of nitrogens with zero attached hydrogens (tertiary/aromatic N) is 2. The van der Waals surface area contributed by atoms with Gasteiger partial charge in [-0.2, -0.15) is 0 Å². The molecule has 2 heterocycles. The summed E-state index contributed by atoms with van der Waals surface area (Å²) < 4.78 is 18.5. The van der Waals surface area contributed by atoms with E-state index in [0.717, 1.165) is 45.1 Å². The molecule has 2 atom stereocenters. The number of benzene rings is 1. The fraction of sp³-hybridized carbons (Fsp3) is 0.588. The SMILES string of the molecule is CN=C(NCC(O)c1ccc(F)cc1)N1CCC2(CCOC2)C1. The predicted molar refractivity (Wildman–Crippen MR) is 86.8 cm³/mol. The molecular formula is C17H24FN3O2. The lowest BCUT2D eigenvalue weighted by Crippen LogP contribution is -2.42. The number of nitrogens with one attached hydrogen (secondary N) is 1. The van der Waals surface area contributed by atoms with Gasteiger partial charge in [0.2, 0.25) is 0 Å². The van der Waals surface area contributed by atoms with Crippen LogP contribution in [0.25, 0.3) is 0 Å². The summed E-state index contributed by atoms with van der Waals surface area (Å²) in [7, 11) is 1.75. The number of rotatable bonds is 3. The van der Waals surface area contributed by atoms with Gasteiger partial charge in [0.05, 0.1) is 12.7 Å². The van der Waals surface area contributed by atoms with Gasteiger partial charge in [-0.15, -0.1) is 0 Å². The molecule has 1 aromatic carbocycles. The zero-order chi connectivity index (χ0) is 16.3. The van der Waals surface area contributed by atoms with Gasteiger partial charge < -0.3 is 20.1 Å². The molecule has 126 valence electrons. The van der Waals surface area contributed by atoms with E-state index >= 15 is 0 Å². The molecule has 3 rings (SSSR count). The van der Waals surface area contributed by atoms with Crippen molar-refractivity contribution < 1.29 is 14.2 Å². The lowest BCUT2D eigenvalue weighted by Gasteiger charge is -2.25.